The van der Waals surface area contributed by atoms with Gasteiger partial charge in [-0.1, -0.05) is 0 Å². The normalized spacial score (nSPS) is 10.2. The standard InChI is InChI=1S/C7H7N5O/c1-5-9-7(13)11-12(5)6-3-2-4-8-10-6/h2-4H,1H3,(H,11,13). The van der Waals surface area contributed by atoms with Crippen molar-refractivity contribution < 1.29 is 0 Å². The molecular weight excluding hydrogens is 170 g/mol. The van der Waals surface area contributed by atoms with Crippen LogP contribution in [0, 0.1) is 6.92 Å². The summed E-state index contributed by atoms with van der Waals surface area (Å²) in [7, 11) is 0. The minimum absolute atomic E-state index is 0.386. The highest BCUT2D eigenvalue weighted by molar-refractivity contribution is 5.18. The van der Waals surface area contributed by atoms with Crippen LogP contribution in [0.5, 0.6) is 0 Å². The highest BCUT2D eigenvalue weighted by Gasteiger charge is 2.03. The topological polar surface area (TPSA) is 76.5 Å². The van der Waals surface area contributed by atoms with Crippen LogP contribution in [0.1, 0.15) is 5.82 Å². The van der Waals surface area contributed by atoms with E-state index in [9.17, 15) is 4.79 Å². The lowest BCUT2D eigenvalue weighted by Crippen LogP contribution is -2.06. The second-order valence-corrected chi connectivity index (χ2v) is 2.49. The molecular formula is C7H7N5O. The molecule has 0 fully saturated rings. The summed E-state index contributed by atoms with van der Waals surface area (Å²) in [4.78, 5) is 14.5. The van der Waals surface area contributed by atoms with Gasteiger partial charge in [-0.25, -0.2) is 14.6 Å². The number of hydrogen-bond acceptors (Lipinski definition) is 4. The van der Waals surface area contributed by atoms with Crippen molar-refractivity contribution in [1.82, 2.24) is 25.0 Å². The molecule has 0 aliphatic rings. The molecule has 6 nitrogen and oxygen atoms in total. The highest BCUT2D eigenvalue weighted by atomic mass is 16.1. The zero-order chi connectivity index (χ0) is 9.26. The number of nitrogens with one attached hydrogen (secondary N) is 1. The van der Waals surface area contributed by atoms with Crippen LogP contribution in [0.3, 0.4) is 0 Å². The molecule has 0 bridgehead atoms. The highest BCUT2D eigenvalue weighted by Crippen LogP contribution is 1.99. The van der Waals surface area contributed by atoms with E-state index in [-0.39, 0.29) is 5.69 Å². The average molecular weight is 177 g/mol. The van der Waals surface area contributed by atoms with Gasteiger partial charge in [0.25, 0.3) is 0 Å². The van der Waals surface area contributed by atoms with Crippen molar-refractivity contribution in [2.24, 2.45) is 0 Å². The molecule has 0 atom stereocenters. The summed E-state index contributed by atoms with van der Waals surface area (Å²) in [5.41, 5.74) is -0.386. The van der Waals surface area contributed by atoms with Crippen LogP contribution in [0.25, 0.3) is 5.82 Å². The number of aromatic nitrogens is 5. The van der Waals surface area contributed by atoms with Crippen LogP contribution in [0.2, 0.25) is 0 Å². The monoisotopic (exact) mass is 177 g/mol. The van der Waals surface area contributed by atoms with Crippen molar-refractivity contribution in [3.63, 3.8) is 0 Å². The fourth-order valence-corrected chi connectivity index (χ4v) is 1.03. The van der Waals surface area contributed by atoms with E-state index in [1.165, 1.54) is 4.68 Å². The molecule has 2 rings (SSSR count). The van der Waals surface area contributed by atoms with Gasteiger partial charge in [0, 0.05) is 6.20 Å². The van der Waals surface area contributed by atoms with Gasteiger partial charge in [0.15, 0.2) is 5.82 Å². The first-order valence-electron chi connectivity index (χ1n) is 3.71. The van der Waals surface area contributed by atoms with Gasteiger partial charge in [0.05, 0.1) is 0 Å². The number of H-pyrrole nitrogens is 1. The molecule has 0 saturated carbocycles. The molecule has 0 aliphatic carbocycles. The Morgan fingerprint density at radius 2 is 2.38 bits per heavy atom. The number of aromatic amines is 1. The van der Waals surface area contributed by atoms with Crippen LogP contribution in [0.15, 0.2) is 23.1 Å². The van der Waals surface area contributed by atoms with Gasteiger partial charge in [-0.2, -0.15) is 10.1 Å². The summed E-state index contributed by atoms with van der Waals surface area (Å²) < 4.78 is 1.48. The maximum absolute atomic E-state index is 10.8. The van der Waals surface area contributed by atoms with E-state index in [1.807, 2.05) is 0 Å². The molecule has 2 heterocycles. The molecule has 0 saturated heterocycles. The maximum Gasteiger partial charge on any atom is 0.361 e. The van der Waals surface area contributed by atoms with Crippen LogP contribution in [-0.4, -0.2) is 25.0 Å². The van der Waals surface area contributed by atoms with Crippen molar-refractivity contribution in [2.75, 3.05) is 0 Å². The third-order valence-corrected chi connectivity index (χ3v) is 1.58. The van der Waals surface area contributed by atoms with E-state index in [1.54, 1.807) is 25.3 Å². The molecule has 0 spiro atoms. The molecule has 1 N–H and O–H groups in total. The Kier molecular flexibility index (Phi) is 1.66. The largest absolute Gasteiger partial charge is 0.361 e. The van der Waals surface area contributed by atoms with E-state index in [0.717, 1.165) is 0 Å². The molecule has 0 radical (unpaired) electrons. The van der Waals surface area contributed by atoms with Crippen LogP contribution in [0.4, 0.5) is 0 Å². The van der Waals surface area contributed by atoms with E-state index in [0.29, 0.717) is 11.6 Å². The zero-order valence-corrected chi connectivity index (χ0v) is 6.93. The van der Waals surface area contributed by atoms with Crippen molar-refractivity contribution in [3.05, 3.63) is 34.6 Å². The van der Waals surface area contributed by atoms with E-state index < -0.39 is 0 Å². The smallest absolute Gasteiger partial charge is 0.244 e. The SMILES string of the molecule is Cc1nc(=O)[nH]n1-c1cccnn1. The minimum atomic E-state index is -0.386. The predicted octanol–water partition coefficient (Wildman–Crippen LogP) is -0.341. The van der Waals surface area contributed by atoms with Crippen molar-refractivity contribution >= 4 is 0 Å². The van der Waals surface area contributed by atoms with Gasteiger partial charge in [0.2, 0.25) is 0 Å². The summed E-state index contributed by atoms with van der Waals surface area (Å²) in [5.74, 6) is 1.11. The Labute approximate surface area is 73.2 Å². The van der Waals surface area contributed by atoms with Gasteiger partial charge < -0.3 is 0 Å². The van der Waals surface area contributed by atoms with Gasteiger partial charge in [-0.3, -0.25) is 0 Å². The van der Waals surface area contributed by atoms with Gasteiger partial charge in [0.1, 0.15) is 5.82 Å². The molecule has 0 aromatic carbocycles. The fourth-order valence-electron chi connectivity index (χ4n) is 1.03. The Bertz CT molecular complexity index is 457. The Morgan fingerprint density at radius 3 is 2.92 bits per heavy atom. The fraction of sp³-hybridized carbons (Fsp3) is 0.143. The average Bonchev–Trinajstić information content (AvgIpc) is 2.47. The Balaban J connectivity index is 2.59. The van der Waals surface area contributed by atoms with E-state index >= 15 is 0 Å². The van der Waals surface area contributed by atoms with Gasteiger partial charge in [-0.05, 0) is 19.1 Å². The molecule has 0 amide bonds. The first-order chi connectivity index (χ1) is 6.27. The Hall–Kier alpha value is -1.98. The lowest BCUT2D eigenvalue weighted by atomic mass is 10.5. The third-order valence-electron chi connectivity index (χ3n) is 1.58. The van der Waals surface area contributed by atoms with Crippen molar-refractivity contribution in [1.29, 1.82) is 0 Å². The second-order valence-electron chi connectivity index (χ2n) is 2.49. The lowest BCUT2D eigenvalue weighted by Gasteiger charge is -1.99. The van der Waals surface area contributed by atoms with Gasteiger partial charge >= 0.3 is 5.69 Å². The van der Waals surface area contributed by atoms with Gasteiger partial charge in [-0.15, -0.1) is 5.10 Å². The summed E-state index contributed by atoms with van der Waals surface area (Å²) >= 11 is 0. The van der Waals surface area contributed by atoms with Crippen molar-refractivity contribution in [3.8, 4) is 5.82 Å². The molecule has 2 aromatic heterocycles. The van der Waals surface area contributed by atoms with Crippen molar-refractivity contribution in [2.45, 2.75) is 6.92 Å². The maximum atomic E-state index is 10.8. The first kappa shape index (κ1) is 7.66. The summed E-state index contributed by atoms with van der Waals surface area (Å²) in [6.45, 7) is 1.71. The molecule has 13 heavy (non-hydrogen) atoms. The number of hydrogen-bond donors (Lipinski definition) is 1. The molecule has 6 heteroatoms. The zero-order valence-electron chi connectivity index (χ0n) is 6.93. The third kappa shape index (κ3) is 1.33. The molecule has 0 unspecified atom stereocenters. The van der Waals surface area contributed by atoms with Crippen LogP contribution in [-0.2, 0) is 0 Å². The molecule has 66 valence electrons. The summed E-state index contributed by atoms with van der Waals surface area (Å²) in [6.07, 6.45) is 1.56. The lowest BCUT2D eigenvalue weighted by molar-refractivity contribution is 0.779. The number of aryl methyl sites for hydroxylation is 1. The van der Waals surface area contributed by atoms with E-state index in [2.05, 4.69) is 20.3 Å². The first-order valence-corrected chi connectivity index (χ1v) is 3.71. The predicted molar refractivity (Wildman–Crippen MR) is 44.5 cm³/mol. The van der Waals surface area contributed by atoms with Crippen LogP contribution >= 0.6 is 0 Å². The number of rotatable bonds is 1. The quantitative estimate of drug-likeness (QED) is 0.646. The van der Waals surface area contributed by atoms with Crippen LogP contribution < -0.4 is 5.69 Å². The van der Waals surface area contributed by atoms with E-state index in [4.69, 9.17) is 0 Å². The number of nitrogens with zero attached hydrogens (tertiary/aromatic N) is 4. The minimum Gasteiger partial charge on any atom is -0.244 e. The second kappa shape index (κ2) is 2.81. The molecule has 2 aromatic rings. The summed E-state index contributed by atoms with van der Waals surface area (Å²) in [5, 5.41) is 10.0. The molecule has 0 aliphatic heterocycles. The Morgan fingerprint density at radius 1 is 1.54 bits per heavy atom. The summed E-state index contributed by atoms with van der Waals surface area (Å²) in [6, 6.07) is 3.47.